The largest absolute Gasteiger partial charge is 0.492 e. The maximum atomic E-state index is 12.9. The van der Waals surface area contributed by atoms with Crippen molar-refractivity contribution in [3.8, 4) is 5.75 Å². The first kappa shape index (κ1) is 15.2. The van der Waals surface area contributed by atoms with E-state index in [2.05, 4.69) is 0 Å². The van der Waals surface area contributed by atoms with Crippen molar-refractivity contribution < 1.29 is 19.1 Å². The predicted octanol–water partition coefficient (Wildman–Crippen LogP) is 2.90. The highest BCUT2D eigenvalue weighted by atomic mass is 16.7. The molecule has 2 aliphatic rings. The minimum atomic E-state index is -0.945. The fourth-order valence-corrected chi connectivity index (χ4v) is 3.91. The zero-order chi connectivity index (χ0) is 16.7. The van der Waals surface area contributed by atoms with Gasteiger partial charge in [-0.2, -0.15) is 5.06 Å². The summed E-state index contributed by atoms with van der Waals surface area (Å²) >= 11 is 0. The summed E-state index contributed by atoms with van der Waals surface area (Å²) in [5.41, 5.74) is 0.925. The monoisotopic (exact) mass is 325 g/mol. The fourth-order valence-electron chi connectivity index (χ4n) is 3.91. The Morgan fingerprint density at radius 3 is 2.62 bits per heavy atom. The van der Waals surface area contributed by atoms with Gasteiger partial charge >= 0.3 is 5.97 Å². The molecular weight excluding hydrogens is 306 g/mol. The molecule has 24 heavy (non-hydrogen) atoms. The van der Waals surface area contributed by atoms with E-state index < -0.39 is 11.5 Å². The van der Waals surface area contributed by atoms with Crippen LogP contribution in [-0.4, -0.2) is 31.8 Å². The topological polar surface area (TPSA) is 48.0 Å². The number of para-hydroxylation sites is 1. The van der Waals surface area contributed by atoms with Crippen LogP contribution in [0.15, 0.2) is 54.6 Å². The van der Waals surface area contributed by atoms with Gasteiger partial charge in [0.05, 0.1) is 13.2 Å². The van der Waals surface area contributed by atoms with Gasteiger partial charge in [-0.15, -0.1) is 0 Å². The van der Waals surface area contributed by atoms with Crippen LogP contribution in [0.1, 0.15) is 23.3 Å². The summed E-state index contributed by atoms with van der Waals surface area (Å²) in [5, 5.41) is 1.76. The highest BCUT2D eigenvalue weighted by Gasteiger charge is 2.64. The number of rotatable bonds is 2. The number of hydrogen-bond acceptors (Lipinski definition) is 5. The Morgan fingerprint density at radius 1 is 1.17 bits per heavy atom. The van der Waals surface area contributed by atoms with Gasteiger partial charge < -0.3 is 9.47 Å². The number of fused-ring (bicyclic) bond motifs is 3. The van der Waals surface area contributed by atoms with Crippen LogP contribution < -0.4 is 4.74 Å². The SMILES string of the molecule is COC(=O)[C@]12COc3ccccc3[C@H]1N(C)O[C@H]2c1ccccc1. The third-order valence-electron chi connectivity index (χ3n) is 4.94. The zero-order valence-corrected chi connectivity index (χ0v) is 13.6. The molecule has 5 nitrogen and oxygen atoms in total. The van der Waals surface area contributed by atoms with Crippen molar-refractivity contribution >= 4 is 5.97 Å². The maximum absolute atomic E-state index is 12.9. The molecule has 1 fully saturated rings. The van der Waals surface area contributed by atoms with Crippen molar-refractivity contribution in [2.45, 2.75) is 12.1 Å². The van der Waals surface area contributed by atoms with Crippen LogP contribution in [0.4, 0.5) is 0 Å². The van der Waals surface area contributed by atoms with E-state index in [1.807, 2.05) is 61.6 Å². The molecule has 0 bridgehead atoms. The van der Waals surface area contributed by atoms with Crippen molar-refractivity contribution in [1.29, 1.82) is 0 Å². The fraction of sp³-hybridized carbons (Fsp3) is 0.316. The van der Waals surface area contributed by atoms with E-state index in [1.165, 1.54) is 7.11 Å². The van der Waals surface area contributed by atoms with E-state index in [0.29, 0.717) is 0 Å². The first-order chi connectivity index (χ1) is 11.7. The van der Waals surface area contributed by atoms with Gasteiger partial charge in [0.15, 0.2) is 5.41 Å². The number of ether oxygens (including phenoxy) is 2. The number of carbonyl (C=O) groups is 1. The number of hydroxylamine groups is 2. The molecule has 2 aliphatic heterocycles. The first-order valence-corrected chi connectivity index (χ1v) is 7.93. The Kier molecular flexibility index (Phi) is 3.55. The number of esters is 1. The van der Waals surface area contributed by atoms with Crippen molar-refractivity contribution in [1.82, 2.24) is 5.06 Å². The zero-order valence-electron chi connectivity index (χ0n) is 13.6. The molecular formula is C19H19NO4. The number of carbonyl (C=O) groups excluding carboxylic acids is 1. The Morgan fingerprint density at radius 2 is 1.88 bits per heavy atom. The minimum Gasteiger partial charge on any atom is -0.492 e. The van der Waals surface area contributed by atoms with E-state index in [1.54, 1.807) is 5.06 Å². The van der Waals surface area contributed by atoms with Crippen LogP contribution in [-0.2, 0) is 14.4 Å². The van der Waals surface area contributed by atoms with Gasteiger partial charge in [0, 0.05) is 12.6 Å². The Balaban J connectivity index is 1.90. The van der Waals surface area contributed by atoms with Crippen molar-refractivity contribution in [3.63, 3.8) is 0 Å². The molecule has 0 aromatic heterocycles. The van der Waals surface area contributed by atoms with Crippen LogP contribution in [0.2, 0.25) is 0 Å². The third-order valence-corrected chi connectivity index (χ3v) is 4.94. The normalized spacial score (nSPS) is 28.6. The molecule has 2 heterocycles. The second kappa shape index (κ2) is 5.61. The summed E-state index contributed by atoms with van der Waals surface area (Å²) in [7, 11) is 3.27. The van der Waals surface area contributed by atoms with Gasteiger partial charge in [-0.05, 0) is 11.6 Å². The molecule has 0 amide bonds. The molecule has 0 spiro atoms. The molecule has 0 N–H and O–H groups in total. The van der Waals surface area contributed by atoms with Crippen LogP contribution in [0, 0.1) is 5.41 Å². The molecule has 0 unspecified atom stereocenters. The van der Waals surface area contributed by atoms with E-state index in [4.69, 9.17) is 14.3 Å². The Labute approximate surface area is 140 Å². The maximum Gasteiger partial charge on any atom is 0.320 e. The summed E-state index contributed by atoms with van der Waals surface area (Å²) in [6.07, 6.45) is -0.463. The summed E-state index contributed by atoms with van der Waals surface area (Å²) in [6.45, 7) is 0.214. The number of benzene rings is 2. The van der Waals surface area contributed by atoms with Gasteiger partial charge in [-0.25, -0.2) is 0 Å². The third kappa shape index (κ3) is 1.98. The van der Waals surface area contributed by atoms with Gasteiger partial charge in [-0.1, -0.05) is 48.5 Å². The van der Waals surface area contributed by atoms with Crippen molar-refractivity contribution in [2.24, 2.45) is 5.41 Å². The average molecular weight is 325 g/mol. The number of nitrogens with zero attached hydrogens (tertiary/aromatic N) is 1. The second-order valence-corrected chi connectivity index (χ2v) is 6.20. The molecule has 124 valence electrons. The van der Waals surface area contributed by atoms with Crippen LogP contribution in [0.5, 0.6) is 5.75 Å². The van der Waals surface area contributed by atoms with Gasteiger partial charge in [0.25, 0.3) is 0 Å². The summed E-state index contributed by atoms with van der Waals surface area (Å²) in [5.74, 6) is 0.464. The van der Waals surface area contributed by atoms with Crippen LogP contribution in [0.25, 0.3) is 0 Å². The molecule has 5 heteroatoms. The molecule has 4 rings (SSSR count). The second-order valence-electron chi connectivity index (χ2n) is 6.20. The highest BCUT2D eigenvalue weighted by Crippen LogP contribution is 2.59. The van der Waals surface area contributed by atoms with Gasteiger partial charge in [-0.3, -0.25) is 9.63 Å². The highest BCUT2D eigenvalue weighted by molar-refractivity contribution is 5.80. The van der Waals surface area contributed by atoms with E-state index in [-0.39, 0.29) is 18.6 Å². The summed E-state index contributed by atoms with van der Waals surface area (Å²) in [4.78, 5) is 19.0. The van der Waals surface area contributed by atoms with E-state index in [0.717, 1.165) is 16.9 Å². The van der Waals surface area contributed by atoms with Crippen LogP contribution >= 0.6 is 0 Å². The Bertz CT molecular complexity index is 763. The van der Waals surface area contributed by atoms with E-state index in [9.17, 15) is 4.79 Å². The lowest BCUT2D eigenvalue weighted by Crippen LogP contribution is -2.48. The lowest BCUT2D eigenvalue weighted by Gasteiger charge is -2.39. The molecule has 0 radical (unpaired) electrons. The van der Waals surface area contributed by atoms with Crippen LogP contribution in [0.3, 0.4) is 0 Å². The summed E-state index contributed by atoms with van der Waals surface area (Å²) < 4.78 is 11.1. The smallest absolute Gasteiger partial charge is 0.320 e. The number of methoxy groups -OCH3 is 1. The molecule has 0 aliphatic carbocycles. The van der Waals surface area contributed by atoms with E-state index >= 15 is 0 Å². The first-order valence-electron chi connectivity index (χ1n) is 7.93. The van der Waals surface area contributed by atoms with Crippen molar-refractivity contribution in [2.75, 3.05) is 20.8 Å². The van der Waals surface area contributed by atoms with Gasteiger partial charge in [0.2, 0.25) is 0 Å². The molecule has 2 aromatic rings. The lowest BCUT2D eigenvalue weighted by atomic mass is 9.70. The molecule has 1 saturated heterocycles. The molecule has 3 atom stereocenters. The van der Waals surface area contributed by atoms with Gasteiger partial charge in [0.1, 0.15) is 18.5 Å². The summed E-state index contributed by atoms with van der Waals surface area (Å²) in [6, 6.07) is 17.2. The average Bonchev–Trinajstić information content (AvgIpc) is 2.96. The number of hydrogen-bond donors (Lipinski definition) is 0. The predicted molar refractivity (Wildman–Crippen MR) is 87.2 cm³/mol. The minimum absolute atomic E-state index is 0.214. The molecule has 0 saturated carbocycles. The standard InChI is InChI=1S/C19H19NO4/c1-20-16-14-10-6-7-11-15(14)23-12-19(16,18(21)22-2)17(24-20)13-8-4-3-5-9-13/h3-11,16-17H,12H2,1-2H3/t16-,17+,19-/m1/s1. The van der Waals surface area contributed by atoms with Crippen molar-refractivity contribution in [3.05, 3.63) is 65.7 Å². The molecule has 2 aromatic carbocycles. The quantitative estimate of drug-likeness (QED) is 0.795. The Hall–Kier alpha value is -2.37. The lowest BCUT2D eigenvalue weighted by molar-refractivity contribution is -0.163.